The highest BCUT2D eigenvalue weighted by Crippen LogP contribution is 2.23. The van der Waals surface area contributed by atoms with Crippen molar-refractivity contribution < 1.29 is 4.79 Å². The summed E-state index contributed by atoms with van der Waals surface area (Å²) in [6.07, 6.45) is 4.94. The highest BCUT2D eigenvalue weighted by molar-refractivity contribution is 5.75. The summed E-state index contributed by atoms with van der Waals surface area (Å²) < 4.78 is 0. The minimum Gasteiger partial charge on any atom is -0.300 e. The minimum absolute atomic E-state index is 0.258. The van der Waals surface area contributed by atoms with Gasteiger partial charge in [0.15, 0.2) is 0 Å². The van der Waals surface area contributed by atoms with Gasteiger partial charge in [-0.25, -0.2) is 0 Å². The maximum atomic E-state index is 10.6. The second-order valence-electron chi connectivity index (χ2n) is 5.55. The Labute approximate surface area is 127 Å². The molecule has 0 bridgehead atoms. The molecule has 2 aromatic carbocycles. The van der Waals surface area contributed by atoms with Crippen LogP contribution in [0, 0.1) is 0 Å². The summed E-state index contributed by atoms with van der Waals surface area (Å²) in [4.78, 5) is 10.6. The molecule has 0 heterocycles. The Kier molecular flexibility index (Phi) is 5.51. The van der Waals surface area contributed by atoms with Crippen molar-refractivity contribution in [2.24, 2.45) is 0 Å². The van der Waals surface area contributed by atoms with Crippen LogP contribution >= 0.6 is 0 Å². The molecule has 0 unspecified atom stereocenters. The van der Waals surface area contributed by atoms with Crippen LogP contribution in [0.4, 0.5) is 0 Å². The summed E-state index contributed by atoms with van der Waals surface area (Å²) in [6, 6.07) is 18.6. The number of carbonyl (C=O) groups is 1. The Balaban J connectivity index is 0.000000154. The van der Waals surface area contributed by atoms with Gasteiger partial charge in [0.25, 0.3) is 0 Å². The Bertz CT molecular complexity index is 623. The number of benzene rings is 2. The summed E-state index contributed by atoms with van der Waals surface area (Å²) in [7, 11) is 0. The van der Waals surface area contributed by atoms with E-state index in [0.717, 1.165) is 12.8 Å². The zero-order chi connectivity index (χ0) is 15.1. The second kappa shape index (κ2) is 7.58. The first kappa shape index (κ1) is 15.2. The number of Topliss-reactive ketones (excluding diaryl/α,β-unsaturated/α-hetero) is 1. The molecule has 0 saturated heterocycles. The third kappa shape index (κ3) is 5.03. The Morgan fingerprint density at radius 3 is 2.33 bits per heavy atom. The van der Waals surface area contributed by atoms with E-state index in [2.05, 4.69) is 37.3 Å². The lowest BCUT2D eigenvalue weighted by Gasteiger charge is -1.96. The third-order valence-corrected chi connectivity index (χ3v) is 3.53. The van der Waals surface area contributed by atoms with Crippen molar-refractivity contribution >= 4 is 11.9 Å². The molecule has 0 radical (unpaired) electrons. The molecule has 0 N–H and O–H groups in total. The predicted octanol–water partition coefficient (Wildman–Crippen LogP) is 4.85. The molecule has 0 fully saturated rings. The quantitative estimate of drug-likeness (QED) is 0.784. The van der Waals surface area contributed by atoms with Gasteiger partial charge in [0.2, 0.25) is 0 Å². The first-order valence-electron chi connectivity index (χ1n) is 7.43. The standard InChI is InChI=1S/C10H12O.C10H10/c1-9(11)7-8-10-5-3-2-4-6-10;1-8-6-9-4-2-3-5-10(9)7-8/h2-6H,7-8H2,1H3;2-6H,7H2,1H3. The van der Waals surface area contributed by atoms with Crippen molar-refractivity contribution in [1.29, 1.82) is 0 Å². The molecule has 0 aliphatic heterocycles. The van der Waals surface area contributed by atoms with E-state index in [9.17, 15) is 4.79 Å². The summed E-state index contributed by atoms with van der Waals surface area (Å²) >= 11 is 0. The maximum Gasteiger partial charge on any atom is 0.130 e. The van der Waals surface area contributed by atoms with Crippen LogP contribution in [0.3, 0.4) is 0 Å². The van der Waals surface area contributed by atoms with Crippen molar-refractivity contribution in [3.8, 4) is 0 Å². The monoisotopic (exact) mass is 278 g/mol. The number of carbonyl (C=O) groups excluding carboxylic acids is 1. The summed E-state index contributed by atoms with van der Waals surface area (Å²) in [6.45, 7) is 3.81. The fraction of sp³-hybridized carbons (Fsp3) is 0.250. The maximum absolute atomic E-state index is 10.6. The summed E-state index contributed by atoms with van der Waals surface area (Å²) in [5.74, 6) is 0.258. The van der Waals surface area contributed by atoms with Crippen molar-refractivity contribution in [1.82, 2.24) is 0 Å². The number of hydrogen-bond donors (Lipinski definition) is 0. The molecule has 1 aliphatic carbocycles. The highest BCUT2D eigenvalue weighted by Gasteiger charge is 2.06. The topological polar surface area (TPSA) is 17.1 Å². The second-order valence-corrected chi connectivity index (χ2v) is 5.55. The molecule has 1 heteroatoms. The molecule has 0 saturated carbocycles. The normalized spacial score (nSPS) is 12.0. The van der Waals surface area contributed by atoms with Crippen LogP contribution in [0.15, 0.2) is 60.2 Å². The van der Waals surface area contributed by atoms with Gasteiger partial charge in [-0.05, 0) is 43.4 Å². The van der Waals surface area contributed by atoms with Gasteiger partial charge in [0.05, 0.1) is 0 Å². The van der Waals surface area contributed by atoms with E-state index >= 15 is 0 Å². The molecule has 1 nitrogen and oxygen atoms in total. The van der Waals surface area contributed by atoms with Crippen LogP contribution in [-0.2, 0) is 17.6 Å². The molecular weight excluding hydrogens is 256 g/mol. The average molecular weight is 278 g/mol. The first-order valence-corrected chi connectivity index (χ1v) is 7.43. The van der Waals surface area contributed by atoms with Crippen LogP contribution in [0.2, 0.25) is 0 Å². The van der Waals surface area contributed by atoms with Gasteiger partial charge < -0.3 is 4.79 Å². The largest absolute Gasteiger partial charge is 0.300 e. The zero-order valence-electron chi connectivity index (χ0n) is 12.8. The lowest BCUT2D eigenvalue weighted by atomic mass is 10.1. The van der Waals surface area contributed by atoms with Gasteiger partial charge in [0, 0.05) is 6.42 Å². The number of hydrogen-bond acceptors (Lipinski definition) is 1. The van der Waals surface area contributed by atoms with E-state index < -0.39 is 0 Å². The van der Waals surface area contributed by atoms with Crippen molar-refractivity contribution in [2.45, 2.75) is 33.1 Å². The summed E-state index contributed by atoms with van der Waals surface area (Å²) in [5.41, 5.74) is 5.59. The van der Waals surface area contributed by atoms with Crippen molar-refractivity contribution in [3.05, 3.63) is 76.9 Å². The third-order valence-electron chi connectivity index (χ3n) is 3.53. The van der Waals surface area contributed by atoms with Gasteiger partial charge in [-0.1, -0.05) is 66.2 Å². The smallest absolute Gasteiger partial charge is 0.130 e. The van der Waals surface area contributed by atoms with Crippen molar-refractivity contribution in [3.63, 3.8) is 0 Å². The van der Waals surface area contributed by atoms with E-state index in [0.29, 0.717) is 6.42 Å². The Morgan fingerprint density at radius 2 is 1.67 bits per heavy atom. The molecule has 0 atom stereocenters. The first-order chi connectivity index (χ1) is 10.1. The van der Waals surface area contributed by atoms with Gasteiger partial charge in [-0.15, -0.1) is 0 Å². The number of ketones is 1. The molecule has 0 amide bonds. The summed E-state index contributed by atoms with van der Waals surface area (Å²) in [5, 5.41) is 0. The molecule has 0 spiro atoms. The SMILES string of the molecule is CC(=O)CCc1ccccc1.CC1=Cc2ccccc2C1. The van der Waals surface area contributed by atoms with E-state index in [1.807, 2.05) is 30.3 Å². The number of fused-ring (bicyclic) bond motifs is 1. The van der Waals surface area contributed by atoms with Gasteiger partial charge >= 0.3 is 0 Å². The van der Waals surface area contributed by atoms with Gasteiger partial charge in [-0.2, -0.15) is 0 Å². The van der Waals surface area contributed by atoms with Crippen LogP contribution in [0.25, 0.3) is 6.08 Å². The van der Waals surface area contributed by atoms with E-state index in [4.69, 9.17) is 0 Å². The molecule has 2 aromatic rings. The van der Waals surface area contributed by atoms with Crippen LogP contribution in [0.1, 0.15) is 37.0 Å². The van der Waals surface area contributed by atoms with Crippen LogP contribution < -0.4 is 0 Å². The Hall–Kier alpha value is -2.15. The Morgan fingerprint density at radius 1 is 1.00 bits per heavy atom. The highest BCUT2D eigenvalue weighted by atomic mass is 16.1. The lowest BCUT2D eigenvalue weighted by Crippen LogP contribution is -1.92. The van der Waals surface area contributed by atoms with Crippen LogP contribution in [-0.4, -0.2) is 5.78 Å². The lowest BCUT2D eigenvalue weighted by molar-refractivity contribution is -0.116. The molecular formula is C20H22O. The molecule has 1 aliphatic rings. The fourth-order valence-corrected chi connectivity index (χ4v) is 2.42. The van der Waals surface area contributed by atoms with Gasteiger partial charge in [-0.3, -0.25) is 0 Å². The van der Waals surface area contributed by atoms with Crippen LogP contribution in [0.5, 0.6) is 0 Å². The van der Waals surface area contributed by atoms with Crippen molar-refractivity contribution in [2.75, 3.05) is 0 Å². The number of allylic oxidation sites excluding steroid dienone is 1. The zero-order valence-corrected chi connectivity index (χ0v) is 12.8. The molecule has 108 valence electrons. The minimum atomic E-state index is 0.258. The van der Waals surface area contributed by atoms with E-state index in [-0.39, 0.29) is 5.78 Å². The molecule has 3 rings (SSSR count). The van der Waals surface area contributed by atoms with E-state index in [1.54, 1.807) is 6.92 Å². The number of rotatable bonds is 3. The number of aryl methyl sites for hydroxylation is 1. The van der Waals surface area contributed by atoms with E-state index in [1.165, 1.54) is 22.3 Å². The fourth-order valence-electron chi connectivity index (χ4n) is 2.42. The molecule has 21 heavy (non-hydrogen) atoms. The van der Waals surface area contributed by atoms with Gasteiger partial charge in [0.1, 0.15) is 5.78 Å². The average Bonchev–Trinajstić information content (AvgIpc) is 2.87. The predicted molar refractivity (Wildman–Crippen MR) is 89.2 cm³/mol. The molecule has 0 aromatic heterocycles.